The number of hydrogen-bond acceptors (Lipinski definition) is 4. The van der Waals surface area contributed by atoms with Crippen LogP contribution in [0.1, 0.15) is 12.0 Å². The maximum atomic E-state index is 12.4. The molecule has 1 aliphatic heterocycles. The topological polar surface area (TPSA) is 75.3 Å². The molecule has 0 aromatic heterocycles. The van der Waals surface area contributed by atoms with Gasteiger partial charge in [0.1, 0.15) is 5.25 Å². The lowest BCUT2D eigenvalue weighted by Gasteiger charge is -2.25. The number of fused-ring (bicyclic) bond motifs is 1. The van der Waals surface area contributed by atoms with Crippen molar-refractivity contribution in [2.75, 3.05) is 18.9 Å². The second-order valence-electron chi connectivity index (χ2n) is 4.36. The van der Waals surface area contributed by atoms with Crippen LogP contribution >= 0.6 is 0 Å². The van der Waals surface area contributed by atoms with Crippen LogP contribution in [-0.2, 0) is 14.6 Å². The molecule has 2 N–H and O–H groups in total. The standard InChI is InChI=1S/C12H16N2O3S/c1-8-4-3-5-9-11(8)14-12(15)10(6-7-13-2)18(9,16)17/h3-5,10,13H,6-7H2,1-2H3,(H,14,15). The molecule has 1 unspecified atom stereocenters. The molecule has 1 heterocycles. The Balaban J connectivity index is 2.50. The number of amides is 1. The minimum Gasteiger partial charge on any atom is -0.324 e. The Bertz CT molecular complexity index is 581. The molecule has 1 atom stereocenters. The molecule has 1 aromatic rings. The van der Waals surface area contributed by atoms with E-state index in [2.05, 4.69) is 10.6 Å². The van der Waals surface area contributed by atoms with Gasteiger partial charge in [0.05, 0.1) is 10.6 Å². The summed E-state index contributed by atoms with van der Waals surface area (Å²) in [5, 5.41) is 4.56. The van der Waals surface area contributed by atoms with Gasteiger partial charge < -0.3 is 10.6 Å². The number of sulfone groups is 1. The first-order chi connectivity index (χ1) is 8.48. The van der Waals surface area contributed by atoms with E-state index in [1.807, 2.05) is 0 Å². The monoisotopic (exact) mass is 268 g/mol. The molecule has 5 nitrogen and oxygen atoms in total. The molecule has 1 aliphatic rings. The molecule has 2 rings (SSSR count). The fourth-order valence-electron chi connectivity index (χ4n) is 2.10. The smallest absolute Gasteiger partial charge is 0.243 e. The molecular formula is C12H16N2O3S. The average Bonchev–Trinajstić information content (AvgIpc) is 2.30. The summed E-state index contributed by atoms with van der Waals surface area (Å²) in [5.41, 5.74) is 1.18. The van der Waals surface area contributed by atoms with Gasteiger partial charge in [-0.15, -0.1) is 0 Å². The van der Waals surface area contributed by atoms with Crippen molar-refractivity contribution in [2.45, 2.75) is 23.5 Å². The molecule has 0 fully saturated rings. The van der Waals surface area contributed by atoms with Gasteiger partial charge in [-0.05, 0) is 38.6 Å². The largest absolute Gasteiger partial charge is 0.324 e. The summed E-state index contributed by atoms with van der Waals surface area (Å²) < 4.78 is 24.8. The van der Waals surface area contributed by atoms with Gasteiger partial charge in [0.2, 0.25) is 5.91 Å². The summed E-state index contributed by atoms with van der Waals surface area (Å²) in [6.45, 7) is 2.26. The van der Waals surface area contributed by atoms with Crippen LogP contribution in [0.25, 0.3) is 0 Å². The normalized spacial score (nSPS) is 21.2. The van der Waals surface area contributed by atoms with Crippen LogP contribution in [0, 0.1) is 6.92 Å². The first-order valence-electron chi connectivity index (χ1n) is 5.77. The third kappa shape index (κ3) is 2.02. The Morgan fingerprint density at radius 2 is 2.11 bits per heavy atom. The number of carbonyl (C=O) groups excluding carboxylic acids is 1. The van der Waals surface area contributed by atoms with Crippen LogP contribution in [0.15, 0.2) is 23.1 Å². The number of hydrogen-bond donors (Lipinski definition) is 2. The molecule has 1 amide bonds. The van der Waals surface area contributed by atoms with E-state index in [0.717, 1.165) is 5.56 Å². The van der Waals surface area contributed by atoms with Crippen LogP contribution < -0.4 is 10.6 Å². The Kier molecular flexibility index (Phi) is 3.41. The van der Waals surface area contributed by atoms with E-state index in [1.54, 1.807) is 32.2 Å². The minimum atomic E-state index is -3.58. The number of para-hydroxylation sites is 1. The van der Waals surface area contributed by atoms with E-state index in [0.29, 0.717) is 12.2 Å². The highest BCUT2D eigenvalue weighted by molar-refractivity contribution is 7.93. The Hall–Kier alpha value is -1.40. The summed E-state index contributed by atoms with van der Waals surface area (Å²) in [6, 6.07) is 5.02. The average molecular weight is 268 g/mol. The maximum absolute atomic E-state index is 12.4. The van der Waals surface area contributed by atoms with Crippen molar-refractivity contribution >= 4 is 21.4 Å². The molecule has 98 valence electrons. The van der Waals surface area contributed by atoms with E-state index in [-0.39, 0.29) is 11.3 Å². The van der Waals surface area contributed by atoms with Crippen molar-refractivity contribution in [1.29, 1.82) is 0 Å². The lowest BCUT2D eigenvalue weighted by Crippen LogP contribution is -2.41. The second-order valence-corrected chi connectivity index (χ2v) is 6.46. The molecule has 0 saturated heterocycles. The van der Waals surface area contributed by atoms with Gasteiger partial charge in [0, 0.05) is 0 Å². The highest BCUT2D eigenvalue weighted by Crippen LogP contribution is 2.33. The number of carbonyl (C=O) groups is 1. The van der Waals surface area contributed by atoms with Crippen molar-refractivity contribution in [1.82, 2.24) is 5.32 Å². The van der Waals surface area contributed by atoms with Crippen molar-refractivity contribution in [3.8, 4) is 0 Å². The molecule has 1 aromatic carbocycles. The SMILES string of the molecule is CNCCC1C(=O)Nc2c(C)cccc2S1(=O)=O. The van der Waals surface area contributed by atoms with Crippen LogP contribution in [0.4, 0.5) is 5.69 Å². The van der Waals surface area contributed by atoms with Gasteiger partial charge >= 0.3 is 0 Å². The fourth-order valence-corrected chi connectivity index (χ4v) is 3.94. The van der Waals surface area contributed by atoms with E-state index in [1.165, 1.54) is 0 Å². The quantitative estimate of drug-likeness (QED) is 0.846. The molecule has 0 saturated carbocycles. The molecule has 0 spiro atoms. The van der Waals surface area contributed by atoms with E-state index in [9.17, 15) is 13.2 Å². The summed E-state index contributed by atoms with van der Waals surface area (Å²) >= 11 is 0. The number of rotatable bonds is 3. The lowest BCUT2D eigenvalue weighted by molar-refractivity contribution is -0.116. The van der Waals surface area contributed by atoms with Crippen LogP contribution in [0.2, 0.25) is 0 Å². The van der Waals surface area contributed by atoms with Crippen molar-refractivity contribution < 1.29 is 13.2 Å². The number of anilines is 1. The molecule has 0 radical (unpaired) electrons. The Morgan fingerprint density at radius 3 is 2.78 bits per heavy atom. The summed E-state index contributed by atoms with van der Waals surface area (Å²) in [5.74, 6) is -0.438. The lowest BCUT2D eigenvalue weighted by atomic mass is 10.2. The minimum absolute atomic E-state index is 0.225. The molecule has 0 bridgehead atoms. The number of nitrogens with one attached hydrogen (secondary N) is 2. The summed E-state index contributed by atoms with van der Waals surface area (Å²) in [6.07, 6.45) is 0.276. The van der Waals surface area contributed by atoms with Gasteiger partial charge in [-0.1, -0.05) is 12.1 Å². The predicted octanol–water partition coefficient (Wildman–Crippen LogP) is 0.699. The van der Waals surface area contributed by atoms with E-state index in [4.69, 9.17) is 0 Å². The van der Waals surface area contributed by atoms with Crippen molar-refractivity contribution in [2.24, 2.45) is 0 Å². The fraction of sp³-hybridized carbons (Fsp3) is 0.417. The molecular weight excluding hydrogens is 252 g/mol. The van der Waals surface area contributed by atoms with Gasteiger partial charge in [0.25, 0.3) is 0 Å². The maximum Gasteiger partial charge on any atom is 0.243 e. The first-order valence-corrected chi connectivity index (χ1v) is 7.32. The van der Waals surface area contributed by atoms with Crippen LogP contribution in [0.5, 0.6) is 0 Å². The zero-order chi connectivity index (χ0) is 13.3. The molecule has 6 heteroatoms. The second kappa shape index (κ2) is 4.70. The van der Waals surface area contributed by atoms with Crippen molar-refractivity contribution in [3.05, 3.63) is 23.8 Å². The summed E-state index contributed by atoms with van der Waals surface area (Å²) in [4.78, 5) is 12.1. The first kappa shape index (κ1) is 13.0. The zero-order valence-electron chi connectivity index (χ0n) is 10.4. The highest BCUT2D eigenvalue weighted by Gasteiger charge is 2.39. The molecule has 0 aliphatic carbocycles. The Labute approximate surface area is 107 Å². The third-order valence-corrected chi connectivity index (χ3v) is 5.26. The van der Waals surface area contributed by atoms with Crippen LogP contribution in [0.3, 0.4) is 0 Å². The van der Waals surface area contributed by atoms with E-state index < -0.39 is 21.0 Å². The van der Waals surface area contributed by atoms with Crippen molar-refractivity contribution in [3.63, 3.8) is 0 Å². The van der Waals surface area contributed by atoms with Gasteiger partial charge in [-0.3, -0.25) is 4.79 Å². The van der Waals surface area contributed by atoms with Crippen LogP contribution in [-0.4, -0.2) is 33.2 Å². The zero-order valence-corrected chi connectivity index (χ0v) is 11.2. The number of benzene rings is 1. The van der Waals surface area contributed by atoms with Gasteiger partial charge in [-0.25, -0.2) is 8.42 Å². The Morgan fingerprint density at radius 1 is 1.39 bits per heavy atom. The highest BCUT2D eigenvalue weighted by atomic mass is 32.2. The van der Waals surface area contributed by atoms with Gasteiger partial charge in [0.15, 0.2) is 9.84 Å². The third-order valence-electron chi connectivity index (χ3n) is 3.11. The number of aryl methyl sites for hydroxylation is 1. The summed E-state index contributed by atoms with van der Waals surface area (Å²) in [7, 11) is -1.85. The van der Waals surface area contributed by atoms with Gasteiger partial charge in [-0.2, -0.15) is 0 Å². The van der Waals surface area contributed by atoms with E-state index >= 15 is 0 Å². The predicted molar refractivity (Wildman–Crippen MR) is 69.3 cm³/mol. The molecule has 18 heavy (non-hydrogen) atoms.